The second-order valence-corrected chi connectivity index (χ2v) is 3.21. The highest BCUT2D eigenvalue weighted by atomic mass is 127. The molecule has 0 aromatic carbocycles. The molecule has 5 nitrogen and oxygen atoms in total. The molecular weight excluding hydrogens is 271 g/mol. The highest BCUT2D eigenvalue weighted by molar-refractivity contribution is 14.1. The monoisotopic (exact) mass is 276 g/mol. The van der Waals surface area contributed by atoms with E-state index >= 15 is 0 Å². The zero-order valence-electron chi connectivity index (χ0n) is 6.01. The fourth-order valence-corrected chi connectivity index (χ4v) is 1.22. The standard InChI is InChI=1S/C6H5IN4O/c7-5-3-11(4-9-10-8)2-1-6(5)12/h1-3H,4H2. The number of azide groups is 1. The van der Waals surface area contributed by atoms with Gasteiger partial charge >= 0.3 is 0 Å². The summed E-state index contributed by atoms with van der Waals surface area (Å²) < 4.78 is 2.26. The fraction of sp³-hybridized carbons (Fsp3) is 0.167. The summed E-state index contributed by atoms with van der Waals surface area (Å²) in [4.78, 5) is 13.5. The zero-order valence-corrected chi connectivity index (χ0v) is 8.17. The lowest BCUT2D eigenvalue weighted by molar-refractivity contribution is 0.716. The largest absolute Gasteiger partial charge is 0.347 e. The normalized spacial score (nSPS) is 9.08. The van der Waals surface area contributed by atoms with Gasteiger partial charge in [0.2, 0.25) is 0 Å². The lowest BCUT2D eigenvalue weighted by Crippen LogP contribution is -2.07. The Labute approximate surface area is 81.8 Å². The van der Waals surface area contributed by atoms with Crippen LogP contribution in [-0.4, -0.2) is 4.57 Å². The average molecular weight is 276 g/mol. The molecule has 0 radical (unpaired) electrons. The van der Waals surface area contributed by atoms with Crippen molar-refractivity contribution >= 4 is 22.6 Å². The van der Waals surface area contributed by atoms with Crippen molar-refractivity contribution in [1.82, 2.24) is 4.57 Å². The molecule has 0 amide bonds. The van der Waals surface area contributed by atoms with E-state index in [0.29, 0.717) is 3.57 Å². The summed E-state index contributed by atoms with van der Waals surface area (Å²) in [7, 11) is 0. The first-order valence-corrected chi connectivity index (χ1v) is 4.18. The Morgan fingerprint density at radius 1 is 1.75 bits per heavy atom. The maximum atomic E-state index is 10.9. The van der Waals surface area contributed by atoms with Gasteiger partial charge in [-0.15, -0.1) is 0 Å². The Bertz CT molecular complexity index is 379. The molecule has 0 aliphatic rings. The van der Waals surface area contributed by atoms with Crippen LogP contribution in [0.2, 0.25) is 0 Å². The SMILES string of the molecule is [N-]=[N+]=NCn1ccc(=O)c(I)c1. The van der Waals surface area contributed by atoms with E-state index in [-0.39, 0.29) is 12.1 Å². The zero-order chi connectivity index (χ0) is 8.97. The molecule has 0 bridgehead atoms. The molecule has 0 unspecified atom stereocenters. The third kappa shape index (κ3) is 2.24. The molecule has 62 valence electrons. The van der Waals surface area contributed by atoms with E-state index in [4.69, 9.17) is 5.53 Å². The highest BCUT2D eigenvalue weighted by Gasteiger charge is 1.93. The first kappa shape index (κ1) is 9.08. The topological polar surface area (TPSA) is 70.8 Å². The van der Waals surface area contributed by atoms with Crippen LogP contribution >= 0.6 is 22.6 Å². The first-order valence-electron chi connectivity index (χ1n) is 3.10. The number of hydrogen-bond acceptors (Lipinski definition) is 2. The van der Waals surface area contributed by atoms with Crippen LogP contribution in [0, 0.1) is 3.57 Å². The molecule has 0 N–H and O–H groups in total. The molecule has 1 aromatic heterocycles. The van der Waals surface area contributed by atoms with Crippen LogP contribution in [0.4, 0.5) is 0 Å². The Kier molecular flexibility index (Phi) is 3.12. The van der Waals surface area contributed by atoms with Crippen molar-refractivity contribution < 1.29 is 0 Å². The second kappa shape index (κ2) is 4.13. The molecule has 0 aliphatic heterocycles. The van der Waals surface area contributed by atoms with Crippen molar-refractivity contribution in [3.63, 3.8) is 0 Å². The van der Waals surface area contributed by atoms with Gasteiger partial charge in [-0.1, -0.05) is 5.11 Å². The van der Waals surface area contributed by atoms with Crippen LogP contribution < -0.4 is 5.43 Å². The van der Waals surface area contributed by atoms with Gasteiger partial charge in [0.15, 0.2) is 5.43 Å². The average Bonchev–Trinajstić information content (AvgIpc) is 2.07. The minimum absolute atomic E-state index is 0.0206. The molecule has 0 saturated carbocycles. The van der Waals surface area contributed by atoms with Crippen LogP contribution in [0.3, 0.4) is 0 Å². The van der Waals surface area contributed by atoms with Gasteiger partial charge in [-0.25, -0.2) is 0 Å². The molecule has 0 spiro atoms. The molecule has 0 fully saturated rings. The third-order valence-corrected chi connectivity index (χ3v) is 2.03. The van der Waals surface area contributed by atoms with E-state index in [1.807, 2.05) is 22.6 Å². The molecule has 1 rings (SSSR count). The van der Waals surface area contributed by atoms with Crippen molar-refractivity contribution in [2.24, 2.45) is 5.11 Å². The molecule has 1 aromatic rings. The van der Waals surface area contributed by atoms with Gasteiger partial charge < -0.3 is 4.57 Å². The van der Waals surface area contributed by atoms with E-state index in [1.54, 1.807) is 17.0 Å². The van der Waals surface area contributed by atoms with Crippen molar-refractivity contribution in [3.05, 3.63) is 42.7 Å². The van der Waals surface area contributed by atoms with E-state index < -0.39 is 0 Å². The predicted molar refractivity (Wildman–Crippen MR) is 52.6 cm³/mol. The van der Waals surface area contributed by atoms with Gasteiger partial charge in [0, 0.05) is 23.4 Å². The lowest BCUT2D eigenvalue weighted by Gasteiger charge is -1.99. The summed E-state index contributed by atoms with van der Waals surface area (Å²) >= 11 is 1.93. The number of nitrogens with zero attached hydrogens (tertiary/aromatic N) is 4. The van der Waals surface area contributed by atoms with E-state index in [9.17, 15) is 4.79 Å². The Hall–Kier alpha value is -1.01. The van der Waals surface area contributed by atoms with Crippen LogP contribution in [0.1, 0.15) is 0 Å². The maximum absolute atomic E-state index is 10.9. The van der Waals surface area contributed by atoms with E-state index in [2.05, 4.69) is 10.0 Å². The molecule has 0 aliphatic carbocycles. The second-order valence-electron chi connectivity index (χ2n) is 2.04. The summed E-state index contributed by atoms with van der Waals surface area (Å²) in [5, 5.41) is 3.35. The quantitative estimate of drug-likeness (QED) is 0.351. The summed E-state index contributed by atoms with van der Waals surface area (Å²) in [6, 6.07) is 1.44. The molecule has 6 heteroatoms. The Morgan fingerprint density at radius 3 is 3.08 bits per heavy atom. The van der Waals surface area contributed by atoms with E-state index in [1.165, 1.54) is 6.07 Å². The van der Waals surface area contributed by atoms with E-state index in [0.717, 1.165) is 0 Å². The fourth-order valence-electron chi connectivity index (χ4n) is 0.685. The minimum atomic E-state index is -0.0206. The highest BCUT2D eigenvalue weighted by Crippen LogP contribution is 1.96. The van der Waals surface area contributed by atoms with Gasteiger partial charge in [0.1, 0.15) is 6.67 Å². The maximum Gasteiger partial charge on any atom is 0.194 e. The first-order chi connectivity index (χ1) is 5.74. The third-order valence-electron chi connectivity index (χ3n) is 1.22. The Morgan fingerprint density at radius 2 is 2.50 bits per heavy atom. The number of pyridine rings is 1. The van der Waals surface area contributed by atoms with Crippen LogP contribution in [-0.2, 0) is 6.67 Å². The molecule has 1 heterocycles. The molecular formula is C6H5IN4O. The van der Waals surface area contributed by atoms with Crippen molar-refractivity contribution in [3.8, 4) is 0 Å². The number of halogens is 1. The minimum Gasteiger partial charge on any atom is -0.347 e. The molecule has 0 atom stereocenters. The predicted octanol–water partition coefficient (Wildman–Crippen LogP) is 1.72. The van der Waals surface area contributed by atoms with Crippen LogP contribution in [0.15, 0.2) is 28.4 Å². The lowest BCUT2D eigenvalue weighted by atomic mass is 10.5. The molecule has 0 saturated heterocycles. The van der Waals surface area contributed by atoms with Crippen molar-refractivity contribution in [1.29, 1.82) is 0 Å². The van der Waals surface area contributed by atoms with Gasteiger partial charge in [-0.2, -0.15) is 0 Å². The van der Waals surface area contributed by atoms with Crippen LogP contribution in [0.25, 0.3) is 10.4 Å². The Balaban J connectivity index is 2.96. The smallest absolute Gasteiger partial charge is 0.194 e. The van der Waals surface area contributed by atoms with Gasteiger partial charge in [-0.3, -0.25) is 4.79 Å². The number of rotatable bonds is 2. The summed E-state index contributed by atoms with van der Waals surface area (Å²) in [5.74, 6) is 0. The van der Waals surface area contributed by atoms with Crippen molar-refractivity contribution in [2.45, 2.75) is 6.67 Å². The molecule has 12 heavy (non-hydrogen) atoms. The van der Waals surface area contributed by atoms with Crippen molar-refractivity contribution in [2.75, 3.05) is 0 Å². The van der Waals surface area contributed by atoms with Gasteiger partial charge in [-0.05, 0) is 28.1 Å². The summed E-state index contributed by atoms with van der Waals surface area (Å²) in [6.45, 7) is 0.215. The van der Waals surface area contributed by atoms with Gasteiger partial charge in [0.25, 0.3) is 0 Å². The summed E-state index contributed by atoms with van der Waals surface area (Å²) in [6.07, 6.45) is 3.22. The number of hydrogen-bond donors (Lipinski definition) is 0. The van der Waals surface area contributed by atoms with Gasteiger partial charge in [0.05, 0.1) is 3.57 Å². The van der Waals surface area contributed by atoms with Crippen LogP contribution in [0.5, 0.6) is 0 Å². The summed E-state index contributed by atoms with van der Waals surface area (Å²) in [5.41, 5.74) is 8.01. The number of aromatic nitrogens is 1.